The van der Waals surface area contributed by atoms with E-state index in [-0.39, 0.29) is 0 Å². The summed E-state index contributed by atoms with van der Waals surface area (Å²) >= 11 is 0. The van der Waals surface area contributed by atoms with E-state index in [1.165, 1.54) is 25.7 Å². The molecule has 0 heteroatoms. The van der Waals surface area contributed by atoms with Crippen molar-refractivity contribution in [2.75, 3.05) is 0 Å². The van der Waals surface area contributed by atoms with Gasteiger partial charge in [-0.25, -0.2) is 0 Å². The van der Waals surface area contributed by atoms with Gasteiger partial charge in [-0.3, -0.25) is 0 Å². The van der Waals surface area contributed by atoms with Crippen LogP contribution in [0.25, 0.3) is 0 Å². The zero-order valence-corrected chi connectivity index (χ0v) is 13.8. The number of hydrogen-bond donors (Lipinski definition) is 0. The second-order valence-corrected chi connectivity index (χ2v) is 5.54. The maximum atomic E-state index is 2.30. The Morgan fingerprint density at radius 2 is 1.00 bits per heavy atom. The highest BCUT2D eigenvalue weighted by atomic mass is 14.4. The highest BCUT2D eigenvalue weighted by Crippen LogP contribution is 2.43. The van der Waals surface area contributed by atoms with Crippen LogP contribution in [-0.4, -0.2) is 0 Å². The van der Waals surface area contributed by atoms with Crippen molar-refractivity contribution >= 4 is 0 Å². The van der Waals surface area contributed by atoms with Gasteiger partial charge in [0, 0.05) is 0 Å². The summed E-state index contributed by atoms with van der Waals surface area (Å²) in [5, 5.41) is 0. The van der Waals surface area contributed by atoms with Crippen LogP contribution in [0.15, 0.2) is 0 Å². The molecule has 0 unspecified atom stereocenters. The fourth-order valence-corrected chi connectivity index (χ4v) is 0.500. The van der Waals surface area contributed by atoms with E-state index in [2.05, 4.69) is 41.5 Å². The molecular formula is C16H38. The van der Waals surface area contributed by atoms with Crippen molar-refractivity contribution in [3.05, 3.63) is 0 Å². The van der Waals surface area contributed by atoms with Crippen molar-refractivity contribution in [3.8, 4) is 0 Å². The van der Waals surface area contributed by atoms with Crippen molar-refractivity contribution in [1.29, 1.82) is 0 Å². The third-order valence-electron chi connectivity index (χ3n) is 3.16. The van der Waals surface area contributed by atoms with E-state index in [0.29, 0.717) is 5.41 Å². The summed E-state index contributed by atoms with van der Waals surface area (Å²) < 4.78 is 0. The summed E-state index contributed by atoms with van der Waals surface area (Å²) in [5.74, 6) is 0. The third kappa shape index (κ3) is 19.6. The molecule has 1 aliphatic rings. The van der Waals surface area contributed by atoms with Crippen molar-refractivity contribution in [2.45, 2.75) is 94.9 Å². The zero-order valence-electron chi connectivity index (χ0n) is 13.8. The van der Waals surface area contributed by atoms with Crippen LogP contribution in [0.4, 0.5) is 0 Å². The minimum absolute atomic E-state index is 0.583. The van der Waals surface area contributed by atoms with Gasteiger partial charge in [-0.2, -0.15) is 0 Å². The molecule has 1 aliphatic carbocycles. The van der Waals surface area contributed by atoms with E-state index in [1.54, 1.807) is 0 Å². The molecule has 0 amide bonds. The summed E-state index contributed by atoms with van der Waals surface area (Å²) in [6.07, 6.45) is 5.49. The maximum Gasteiger partial charge on any atom is -0.0354 e. The smallest absolute Gasteiger partial charge is 0.0354 e. The summed E-state index contributed by atoms with van der Waals surface area (Å²) in [7, 11) is 0. The normalized spacial score (nSPS) is 15.4. The predicted octanol–water partition coefficient (Wildman–Crippen LogP) is 6.69. The SMILES string of the molecule is CC.CC.CC1(C)CC1.CCC(C)(C)CC. The molecule has 0 N–H and O–H groups in total. The van der Waals surface area contributed by atoms with Gasteiger partial charge in [-0.1, -0.05) is 82.1 Å². The molecular weight excluding hydrogens is 192 g/mol. The lowest BCUT2D eigenvalue weighted by Gasteiger charge is -2.18. The van der Waals surface area contributed by atoms with E-state index >= 15 is 0 Å². The van der Waals surface area contributed by atoms with E-state index in [9.17, 15) is 0 Å². The van der Waals surface area contributed by atoms with Crippen molar-refractivity contribution in [1.82, 2.24) is 0 Å². The van der Waals surface area contributed by atoms with E-state index < -0.39 is 0 Å². The van der Waals surface area contributed by atoms with Gasteiger partial charge in [0.05, 0.1) is 0 Å². The van der Waals surface area contributed by atoms with E-state index in [4.69, 9.17) is 0 Å². The molecule has 0 radical (unpaired) electrons. The zero-order chi connectivity index (χ0) is 13.8. The van der Waals surface area contributed by atoms with Gasteiger partial charge in [-0.15, -0.1) is 0 Å². The lowest BCUT2D eigenvalue weighted by Crippen LogP contribution is -2.05. The first-order valence-corrected chi connectivity index (χ1v) is 7.33. The molecule has 0 aliphatic heterocycles. The van der Waals surface area contributed by atoms with Crippen LogP contribution in [0.3, 0.4) is 0 Å². The van der Waals surface area contributed by atoms with Gasteiger partial charge < -0.3 is 0 Å². The molecule has 16 heavy (non-hydrogen) atoms. The summed E-state index contributed by atoms with van der Waals surface area (Å²) in [5.41, 5.74) is 1.33. The van der Waals surface area contributed by atoms with Gasteiger partial charge in [0.15, 0.2) is 0 Å². The summed E-state index contributed by atoms with van der Waals surface area (Å²) in [6.45, 7) is 21.7. The Kier molecular flexibility index (Phi) is 15.3. The second kappa shape index (κ2) is 11.5. The second-order valence-electron chi connectivity index (χ2n) is 5.54. The van der Waals surface area contributed by atoms with Crippen LogP contribution in [0.1, 0.15) is 94.9 Å². The fraction of sp³-hybridized carbons (Fsp3) is 1.00. The van der Waals surface area contributed by atoms with Gasteiger partial charge in [0.1, 0.15) is 0 Å². The van der Waals surface area contributed by atoms with Crippen LogP contribution in [0, 0.1) is 10.8 Å². The highest BCUT2D eigenvalue weighted by Gasteiger charge is 2.30. The minimum atomic E-state index is 0.583. The first kappa shape index (κ1) is 21.3. The molecule has 1 fully saturated rings. The van der Waals surface area contributed by atoms with Crippen molar-refractivity contribution in [3.63, 3.8) is 0 Å². The number of hydrogen-bond acceptors (Lipinski definition) is 0. The average Bonchev–Trinajstić information content (AvgIpc) is 3.00. The quantitative estimate of drug-likeness (QED) is 0.495. The highest BCUT2D eigenvalue weighted by molar-refractivity contribution is 4.82. The molecule has 0 saturated heterocycles. The Labute approximate surface area is 106 Å². The molecule has 0 aromatic heterocycles. The Hall–Kier alpha value is 0. The molecule has 1 rings (SSSR count). The van der Waals surface area contributed by atoms with Crippen LogP contribution < -0.4 is 0 Å². The Balaban J connectivity index is -0.000000164. The van der Waals surface area contributed by atoms with Crippen LogP contribution >= 0.6 is 0 Å². The topological polar surface area (TPSA) is 0 Å². The Morgan fingerprint density at radius 1 is 0.812 bits per heavy atom. The van der Waals surface area contributed by atoms with Gasteiger partial charge in [0.25, 0.3) is 0 Å². The van der Waals surface area contributed by atoms with Crippen LogP contribution in [0.2, 0.25) is 0 Å². The standard InChI is InChI=1S/C7H16.C5H10.2C2H6/c1-5-7(3,4)6-2;1-5(2)3-4-5;2*1-2/h5-6H2,1-4H3;3-4H2,1-2H3;2*1-2H3. The molecule has 0 aromatic rings. The molecule has 0 aromatic carbocycles. The largest absolute Gasteiger partial charge is 0.0683 e. The average molecular weight is 230 g/mol. The lowest BCUT2D eigenvalue weighted by molar-refractivity contribution is 0.338. The molecule has 0 atom stereocenters. The first-order valence-electron chi connectivity index (χ1n) is 7.33. The van der Waals surface area contributed by atoms with Gasteiger partial charge >= 0.3 is 0 Å². The lowest BCUT2D eigenvalue weighted by atomic mass is 9.88. The molecule has 0 nitrogen and oxygen atoms in total. The van der Waals surface area contributed by atoms with E-state index in [0.717, 1.165) is 5.41 Å². The Bertz CT molecular complexity index is 108. The molecule has 0 spiro atoms. The summed E-state index contributed by atoms with van der Waals surface area (Å²) in [4.78, 5) is 0. The first-order chi connectivity index (χ1) is 7.33. The molecule has 0 bridgehead atoms. The number of rotatable bonds is 2. The van der Waals surface area contributed by atoms with Crippen LogP contribution in [0.5, 0.6) is 0 Å². The molecule has 1 saturated carbocycles. The van der Waals surface area contributed by atoms with Crippen molar-refractivity contribution in [2.24, 2.45) is 10.8 Å². The fourth-order valence-electron chi connectivity index (χ4n) is 0.500. The van der Waals surface area contributed by atoms with Gasteiger partial charge in [0.2, 0.25) is 0 Å². The Morgan fingerprint density at radius 3 is 1.00 bits per heavy atom. The molecule has 0 heterocycles. The maximum absolute atomic E-state index is 2.30. The predicted molar refractivity (Wildman–Crippen MR) is 80.1 cm³/mol. The van der Waals surface area contributed by atoms with E-state index in [1.807, 2.05) is 27.7 Å². The molecule has 102 valence electrons. The monoisotopic (exact) mass is 230 g/mol. The summed E-state index contributed by atoms with van der Waals surface area (Å²) in [6, 6.07) is 0. The van der Waals surface area contributed by atoms with Crippen molar-refractivity contribution < 1.29 is 0 Å². The minimum Gasteiger partial charge on any atom is -0.0683 e. The van der Waals surface area contributed by atoms with Gasteiger partial charge in [-0.05, 0) is 23.7 Å². The van der Waals surface area contributed by atoms with Crippen LogP contribution in [-0.2, 0) is 0 Å². The third-order valence-corrected chi connectivity index (χ3v) is 3.16.